The highest BCUT2D eigenvalue weighted by Gasteiger charge is 2.57. The number of fused-ring (bicyclic) bond motifs is 8. The van der Waals surface area contributed by atoms with E-state index in [2.05, 4.69) is 68.3 Å². The Bertz CT molecular complexity index is 1410. The number of aryl methyl sites for hydroxylation is 1. The van der Waals surface area contributed by atoms with Crippen molar-refractivity contribution in [3.63, 3.8) is 0 Å². The van der Waals surface area contributed by atoms with Crippen LogP contribution in [0.15, 0.2) is 72.3 Å². The maximum atomic E-state index is 14.1. The maximum Gasteiger partial charge on any atom is 0.203 e. The van der Waals surface area contributed by atoms with Gasteiger partial charge in [0, 0.05) is 28.9 Å². The van der Waals surface area contributed by atoms with E-state index in [1.54, 1.807) is 0 Å². The highest BCUT2D eigenvalue weighted by atomic mass is 32.1. The van der Waals surface area contributed by atoms with Crippen molar-refractivity contribution in [1.29, 1.82) is 0 Å². The first kappa shape index (κ1) is 30.9. The first-order valence-electron chi connectivity index (χ1n) is 15.6. The van der Waals surface area contributed by atoms with Crippen molar-refractivity contribution >= 4 is 17.1 Å². The molecule has 3 aliphatic carbocycles. The summed E-state index contributed by atoms with van der Waals surface area (Å²) in [6.45, 7) is 7.94. The second-order valence-electron chi connectivity index (χ2n) is 13.2. The fourth-order valence-electron chi connectivity index (χ4n) is 7.38. The molecule has 1 heterocycles. The van der Waals surface area contributed by atoms with Crippen LogP contribution in [0.2, 0.25) is 0 Å². The fraction of sp³-hybridized carbons (Fsp3) is 0.486. The number of thiophene rings is 1. The number of benzene rings is 2. The number of aliphatic hydroxyl groups is 2. The predicted octanol–water partition coefficient (Wildman–Crippen LogP) is 7.50. The molecular weight excluding hydrogens is 538 g/mol. The number of aliphatic hydroxyl groups excluding tert-OH is 1. The van der Waals surface area contributed by atoms with Crippen LogP contribution in [-0.2, 0) is 12.8 Å². The van der Waals surface area contributed by atoms with E-state index in [0.717, 1.165) is 65.1 Å². The molecule has 4 unspecified atom stereocenters. The molecule has 1 aromatic heterocycles. The Hall–Kier alpha value is -2.57. The van der Waals surface area contributed by atoms with Crippen LogP contribution >= 0.6 is 11.3 Å². The summed E-state index contributed by atoms with van der Waals surface area (Å²) in [7, 11) is 2.12. The number of carbonyl (C=O) groups excluding carboxylic acids is 1. The number of allylic oxidation sites excluding steroid dienone is 2. The standard InChI is InChI=1S/C37H47NO3S/c1-26-9-8-20-36(3)33(18-21-37(36,41)25-38(4)22-19-28-10-6-5-7-11-28)31-16-14-29(23-30(39)15-12-26)24-32(31)35(40)34-17-13-27(2)42-34/h5-7,9-11,13-14,16-17,24,30,33,39,41H,8,12,15,18-23,25H2,1-4H3. The molecule has 1 fully saturated rings. The zero-order chi connectivity index (χ0) is 29.9. The van der Waals surface area contributed by atoms with E-state index in [4.69, 9.17) is 0 Å². The Labute approximate surface area is 256 Å². The quantitative estimate of drug-likeness (QED) is 0.223. The van der Waals surface area contributed by atoms with Crippen LogP contribution < -0.4 is 0 Å². The third-order valence-electron chi connectivity index (χ3n) is 10.0. The lowest BCUT2D eigenvalue weighted by Gasteiger charge is -2.45. The summed E-state index contributed by atoms with van der Waals surface area (Å²) in [5.74, 6) is 0.112. The van der Waals surface area contributed by atoms with E-state index in [9.17, 15) is 15.0 Å². The van der Waals surface area contributed by atoms with Crippen molar-refractivity contribution in [2.75, 3.05) is 20.1 Å². The van der Waals surface area contributed by atoms with Gasteiger partial charge in [0.2, 0.25) is 5.78 Å². The average molecular weight is 586 g/mol. The minimum Gasteiger partial charge on any atom is -0.393 e. The molecule has 5 heteroatoms. The third kappa shape index (κ3) is 6.65. The summed E-state index contributed by atoms with van der Waals surface area (Å²) in [5, 5.41) is 23.4. The molecule has 2 N–H and O–H groups in total. The third-order valence-corrected chi connectivity index (χ3v) is 11.0. The number of likely N-dealkylation sites (N-methyl/N-ethyl adjacent to an activating group) is 1. The minimum atomic E-state index is -0.878. The summed E-state index contributed by atoms with van der Waals surface area (Å²) in [6.07, 6.45) is 8.16. The molecule has 0 radical (unpaired) electrons. The molecule has 4 nitrogen and oxygen atoms in total. The van der Waals surface area contributed by atoms with Crippen molar-refractivity contribution in [2.24, 2.45) is 5.41 Å². The van der Waals surface area contributed by atoms with E-state index in [-0.39, 0.29) is 11.7 Å². The van der Waals surface area contributed by atoms with Gasteiger partial charge in [-0.2, -0.15) is 0 Å². The van der Waals surface area contributed by atoms with E-state index in [1.807, 2.05) is 31.2 Å². The summed E-state index contributed by atoms with van der Waals surface area (Å²) in [5.41, 5.74) is 4.11. The first-order chi connectivity index (χ1) is 20.1. The first-order valence-corrected chi connectivity index (χ1v) is 16.4. The number of rotatable bonds is 7. The normalized spacial score (nSPS) is 26.6. The van der Waals surface area contributed by atoms with Crippen molar-refractivity contribution < 1.29 is 15.0 Å². The van der Waals surface area contributed by atoms with E-state index in [0.29, 0.717) is 25.8 Å². The predicted molar refractivity (Wildman–Crippen MR) is 174 cm³/mol. The van der Waals surface area contributed by atoms with Crippen LogP contribution in [0.25, 0.3) is 0 Å². The van der Waals surface area contributed by atoms with Gasteiger partial charge in [-0.15, -0.1) is 11.3 Å². The van der Waals surface area contributed by atoms with Crippen LogP contribution in [0.5, 0.6) is 0 Å². The van der Waals surface area contributed by atoms with Gasteiger partial charge in [-0.05, 0) is 113 Å². The van der Waals surface area contributed by atoms with E-state index >= 15 is 0 Å². The minimum absolute atomic E-state index is 0.0556. The fourth-order valence-corrected chi connectivity index (χ4v) is 8.20. The summed E-state index contributed by atoms with van der Waals surface area (Å²) < 4.78 is 0. The van der Waals surface area contributed by atoms with Crippen LogP contribution in [-0.4, -0.2) is 52.7 Å². The highest BCUT2D eigenvalue weighted by Crippen LogP contribution is 2.58. The number of hydrogen-bond donors (Lipinski definition) is 2. The molecule has 0 aliphatic heterocycles. The van der Waals surface area contributed by atoms with Crippen molar-refractivity contribution in [3.05, 3.63) is 104 Å². The van der Waals surface area contributed by atoms with Gasteiger partial charge >= 0.3 is 0 Å². The molecule has 3 aliphatic rings. The van der Waals surface area contributed by atoms with Crippen LogP contribution in [0.3, 0.4) is 0 Å². The smallest absolute Gasteiger partial charge is 0.203 e. The molecule has 0 spiro atoms. The second kappa shape index (κ2) is 13.0. The number of nitrogens with zero attached hydrogens (tertiary/aromatic N) is 1. The molecular formula is C37H47NO3S. The monoisotopic (exact) mass is 585 g/mol. The molecule has 6 rings (SSSR count). The lowest BCUT2D eigenvalue weighted by atomic mass is 9.64. The lowest BCUT2D eigenvalue weighted by Crippen LogP contribution is -2.52. The molecule has 2 bridgehead atoms. The Morgan fingerprint density at radius 3 is 2.57 bits per heavy atom. The molecule has 0 saturated heterocycles. The zero-order valence-electron chi connectivity index (χ0n) is 25.7. The van der Waals surface area contributed by atoms with Gasteiger partial charge in [-0.25, -0.2) is 0 Å². The van der Waals surface area contributed by atoms with Crippen molar-refractivity contribution in [1.82, 2.24) is 4.90 Å². The van der Waals surface area contributed by atoms with Crippen molar-refractivity contribution in [3.8, 4) is 0 Å². The molecule has 2 aromatic carbocycles. The average Bonchev–Trinajstić information content (AvgIpc) is 3.51. The molecule has 0 amide bonds. The summed E-state index contributed by atoms with van der Waals surface area (Å²) in [6, 6.07) is 20.8. The van der Waals surface area contributed by atoms with Gasteiger partial charge in [0.1, 0.15) is 0 Å². The number of ketones is 1. The molecule has 42 heavy (non-hydrogen) atoms. The molecule has 224 valence electrons. The highest BCUT2D eigenvalue weighted by molar-refractivity contribution is 7.14. The van der Waals surface area contributed by atoms with Crippen LogP contribution in [0, 0.1) is 12.3 Å². The largest absolute Gasteiger partial charge is 0.393 e. The molecule has 3 aromatic rings. The molecule has 1 saturated carbocycles. The van der Waals surface area contributed by atoms with Gasteiger partial charge < -0.3 is 15.1 Å². The number of hydrogen-bond acceptors (Lipinski definition) is 5. The molecule has 4 atom stereocenters. The van der Waals surface area contributed by atoms with Gasteiger partial charge in [-0.1, -0.05) is 61.0 Å². The SMILES string of the molecule is CC1=CCCC2(C)C(CCC2(O)CN(C)CCc2ccccc2)c2ccc(cc2C(=O)c2ccc(C)s2)CC(O)CC1. The number of carbonyl (C=O) groups is 1. The zero-order valence-corrected chi connectivity index (χ0v) is 26.6. The lowest BCUT2D eigenvalue weighted by molar-refractivity contribution is -0.0798. The topological polar surface area (TPSA) is 60.8 Å². The van der Waals surface area contributed by atoms with Gasteiger partial charge in [0.05, 0.1) is 16.6 Å². The van der Waals surface area contributed by atoms with Crippen LogP contribution in [0.1, 0.15) is 95.1 Å². The second-order valence-corrected chi connectivity index (χ2v) is 14.4. The Kier molecular flexibility index (Phi) is 9.53. The van der Waals surface area contributed by atoms with E-state index < -0.39 is 17.1 Å². The Morgan fingerprint density at radius 2 is 1.83 bits per heavy atom. The van der Waals surface area contributed by atoms with Crippen LogP contribution in [0.4, 0.5) is 0 Å². The van der Waals surface area contributed by atoms with Gasteiger partial charge in [0.15, 0.2) is 0 Å². The summed E-state index contributed by atoms with van der Waals surface area (Å²) >= 11 is 1.54. The Morgan fingerprint density at radius 1 is 1.05 bits per heavy atom. The van der Waals surface area contributed by atoms with Gasteiger partial charge in [-0.3, -0.25) is 4.79 Å². The summed E-state index contributed by atoms with van der Waals surface area (Å²) in [4.78, 5) is 18.2. The van der Waals surface area contributed by atoms with E-state index in [1.165, 1.54) is 22.5 Å². The Balaban J connectivity index is 1.51. The van der Waals surface area contributed by atoms with Gasteiger partial charge in [0.25, 0.3) is 0 Å². The maximum absolute atomic E-state index is 14.1. The van der Waals surface area contributed by atoms with Crippen molar-refractivity contribution in [2.45, 2.75) is 89.8 Å².